The van der Waals surface area contributed by atoms with E-state index in [4.69, 9.17) is 0 Å². The van der Waals surface area contributed by atoms with Crippen LogP contribution in [0.15, 0.2) is 30.3 Å². The zero-order valence-electron chi connectivity index (χ0n) is 19.4. The third kappa shape index (κ3) is 6.96. The van der Waals surface area contributed by atoms with E-state index in [1.54, 1.807) is 0 Å². The zero-order valence-corrected chi connectivity index (χ0v) is 19.4. The first-order valence-corrected chi connectivity index (χ1v) is 11.7. The highest BCUT2D eigenvalue weighted by atomic mass is 16.4. The molecule has 0 spiro atoms. The lowest BCUT2D eigenvalue weighted by Gasteiger charge is -2.28. The van der Waals surface area contributed by atoms with Crippen LogP contribution in [0.3, 0.4) is 0 Å². The first-order chi connectivity index (χ1) is 14.6. The van der Waals surface area contributed by atoms with Crippen molar-refractivity contribution in [2.75, 3.05) is 13.1 Å². The van der Waals surface area contributed by atoms with E-state index in [2.05, 4.69) is 67.5 Å². The topological polar surface area (TPSA) is 81.7 Å². The Kier molecular flexibility index (Phi) is 7.63. The van der Waals surface area contributed by atoms with Crippen LogP contribution < -0.4 is 10.6 Å². The molecule has 31 heavy (non-hydrogen) atoms. The number of carbonyl (C=O) groups is 2. The molecule has 1 saturated heterocycles. The van der Waals surface area contributed by atoms with E-state index < -0.39 is 12.1 Å². The van der Waals surface area contributed by atoms with Gasteiger partial charge in [0.2, 0.25) is 5.91 Å². The number of benzene rings is 1. The second-order valence-electron chi connectivity index (χ2n) is 10.9. The minimum atomic E-state index is -1.14. The quantitative estimate of drug-likeness (QED) is 0.581. The van der Waals surface area contributed by atoms with E-state index in [-0.39, 0.29) is 23.3 Å². The number of amides is 2. The fourth-order valence-corrected chi connectivity index (χ4v) is 5.70. The predicted octanol–water partition coefficient (Wildman–Crippen LogP) is 4.11. The largest absolute Gasteiger partial charge is 0.465 e. The summed E-state index contributed by atoms with van der Waals surface area (Å²) in [6.07, 6.45) is 2.44. The molecule has 3 rings (SSSR count). The number of fused-ring (bicyclic) bond motifs is 1. The average Bonchev–Trinajstić information content (AvgIpc) is 3.21. The van der Waals surface area contributed by atoms with Gasteiger partial charge in [-0.15, -0.1) is 0 Å². The third-order valence-electron chi connectivity index (χ3n) is 6.72. The van der Waals surface area contributed by atoms with Gasteiger partial charge in [0.25, 0.3) is 0 Å². The van der Waals surface area contributed by atoms with Crippen molar-refractivity contribution in [1.82, 2.24) is 15.5 Å². The van der Waals surface area contributed by atoms with Gasteiger partial charge in [0, 0.05) is 25.7 Å². The molecular weight excluding hydrogens is 390 g/mol. The van der Waals surface area contributed by atoms with Crippen molar-refractivity contribution in [2.45, 2.75) is 72.0 Å². The van der Waals surface area contributed by atoms with Gasteiger partial charge in [-0.2, -0.15) is 0 Å². The predicted molar refractivity (Wildman–Crippen MR) is 123 cm³/mol. The summed E-state index contributed by atoms with van der Waals surface area (Å²) in [6.45, 7) is 11.6. The number of hydrogen-bond acceptors (Lipinski definition) is 3. The first-order valence-electron chi connectivity index (χ1n) is 11.7. The van der Waals surface area contributed by atoms with Crippen LogP contribution >= 0.6 is 0 Å². The maximum atomic E-state index is 13.0. The van der Waals surface area contributed by atoms with Gasteiger partial charge in [-0.3, -0.25) is 9.69 Å². The highest BCUT2D eigenvalue weighted by Crippen LogP contribution is 2.38. The van der Waals surface area contributed by atoms with Crippen molar-refractivity contribution < 1.29 is 14.7 Å². The van der Waals surface area contributed by atoms with Gasteiger partial charge in [-0.05, 0) is 54.4 Å². The highest BCUT2D eigenvalue weighted by molar-refractivity contribution is 5.85. The van der Waals surface area contributed by atoms with Crippen LogP contribution in [-0.2, 0) is 11.3 Å². The van der Waals surface area contributed by atoms with Gasteiger partial charge >= 0.3 is 6.09 Å². The molecule has 5 atom stereocenters. The van der Waals surface area contributed by atoms with E-state index in [1.165, 1.54) is 5.56 Å². The van der Waals surface area contributed by atoms with Crippen LogP contribution in [0.2, 0.25) is 0 Å². The van der Waals surface area contributed by atoms with Crippen LogP contribution in [0, 0.1) is 23.2 Å². The van der Waals surface area contributed by atoms with E-state index in [0.717, 1.165) is 38.9 Å². The van der Waals surface area contributed by atoms with Crippen LogP contribution in [0.1, 0.15) is 58.9 Å². The Morgan fingerprint density at radius 3 is 2.52 bits per heavy atom. The minimum Gasteiger partial charge on any atom is -0.465 e. The maximum absolute atomic E-state index is 13.0. The molecule has 6 heteroatoms. The second kappa shape index (κ2) is 10.0. The Balaban J connectivity index is 1.56. The Hall–Kier alpha value is -2.08. The lowest BCUT2D eigenvalue weighted by atomic mass is 9.83. The fraction of sp³-hybridized carbons (Fsp3) is 0.680. The molecule has 1 aromatic rings. The van der Waals surface area contributed by atoms with Crippen molar-refractivity contribution in [3.8, 4) is 0 Å². The van der Waals surface area contributed by atoms with Crippen LogP contribution in [0.25, 0.3) is 0 Å². The molecule has 1 aliphatic heterocycles. The molecule has 1 aromatic carbocycles. The van der Waals surface area contributed by atoms with Crippen molar-refractivity contribution in [3.63, 3.8) is 0 Å². The summed E-state index contributed by atoms with van der Waals surface area (Å²) < 4.78 is 0. The van der Waals surface area contributed by atoms with Crippen molar-refractivity contribution >= 4 is 12.0 Å². The summed E-state index contributed by atoms with van der Waals surface area (Å²) >= 11 is 0. The smallest absolute Gasteiger partial charge is 0.405 e. The fourth-order valence-electron chi connectivity index (χ4n) is 5.70. The summed E-state index contributed by atoms with van der Waals surface area (Å²) in [5.74, 6) is 1.15. The van der Waals surface area contributed by atoms with Crippen molar-refractivity contribution in [1.29, 1.82) is 0 Å². The standard InChI is InChI=1S/C25H39N3O3/c1-17(13-25(2,3)4)12-22(27-24(30)31)23(29)26-21-11-10-19-15-28(16-20(19)21)14-18-8-6-5-7-9-18/h5-9,17,19-22,27H,10-16H2,1-4H3,(H,26,29)(H,30,31)/t17-,19+,20-,21-,22?/m0/s1. The average molecular weight is 430 g/mol. The molecule has 1 saturated carbocycles. The Labute approximate surface area is 186 Å². The van der Waals surface area contributed by atoms with Crippen LogP contribution in [0.4, 0.5) is 4.79 Å². The molecule has 6 nitrogen and oxygen atoms in total. The normalized spacial score (nSPS) is 25.6. The second-order valence-corrected chi connectivity index (χ2v) is 10.9. The van der Waals surface area contributed by atoms with Crippen molar-refractivity contribution in [2.24, 2.45) is 23.2 Å². The maximum Gasteiger partial charge on any atom is 0.405 e. The summed E-state index contributed by atoms with van der Waals surface area (Å²) in [7, 11) is 0. The van der Waals surface area contributed by atoms with Gasteiger partial charge in [0.1, 0.15) is 6.04 Å². The van der Waals surface area contributed by atoms with Crippen LogP contribution in [-0.4, -0.2) is 47.2 Å². The van der Waals surface area contributed by atoms with Crippen LogP contribution in [0.5, 0.6) is 0 Å². The molecule has 3 N–H and O–H groups in total. The zero-order chi connectivity index (χ0) is 22.6. The molecular formula is C25H39N3O3. The Morgan fingerprint density at radius 1 is 1.16 bits per heavy atom. The number of likely N-dealkylation sites (tertiary alicyclic amines) is 1. The van der Waals surface area contributed by atoms with Gasteiger partial charge in [0.05, 0.1) is 0 Å². The summed E-state index contributed by atoms with van der Waals surface area (Å²) in [5.41, 5.74) is 1.47. The molecule has 2 amide bonds. The number of nitrogens with one attached hydrogen (secondary N) is 2. The van der Waals surface area contributed by atoms with E-state index >= 15 is 0 Å². The van der Waals surface area contributed by atoms with Crippen molar-refractivity contribution in [3.05, 3.63) is 35.9 Å². The lowest BCUT2D eigenvalue weighted by Crippen LogP contribution is -2.51. The minimum absolute atomic E-state index is 0.134. The summed E-state index contributed by atoms with van der Waals surface area (Å²) in [5, 5.41) is 14.9. The van der Waals surface area contributed by atoms with Gasteiger partial charge in [-0.25, -0.2) is 4.79 Å². The highest BCUT2D eigenvalue weighted by Gasteiger charge is 2.43. The van der Waals surface area contributed by atoms with E-state index in [0.29, 0.717) is 18.3 Å². The Morgan fingerprint density at radius 2 is 1.87 bits per heavy atom. The molecule has 1 heterocycles. The monoisotopic (exact) mass is 429 g/mol. The van der Waals surface area contributed by atoms with Gasteiger partial charge in [0.15, 0.2) is 0 Å². The molecule has 172 valence electrons. The summed E-state index contributed by atoms with van der Waals surface area (Å²) in [6, 6.07) is 9.95. The van der Waals surface area contributed by atoms with Gasteiger partial charge < -0.3 is 15.7 Å². The number of hydrogen-bond donors (Lipinski definition) is 3. The lowest BCUT2D eigenvalue weighted by molar-refractivity contribution is -0.124. The first kappa shape index (κ1) is 23.6. The molecule has 2 fully saturated rings. The third-order valence-corrected chi connectivity index (χ3v) is 6.72. The number of carboxylic acid groups (broad SMARTS) is 1. The Bertz CT molecular complexity index is 746. The molecule has 0 radical (unpaired) electrons. The number of rotatable bonds is 8. The van der Waals surface area contributed by atoms with E-state index in [1.807, 2.05) is 6.07 Å². The molecule has 2 aliphatic rings. The molecule has 0 bridgehead atoms. The van der Waals surface area contributed by atoms with Gasteiger partial charge in [-0.1, -0.05) is 58.0 Å². The molecule has 1 unspecified atom stereocenters. The number of nitrogens with zero attached hydrogens (tertiary/aromatic N) is 1. The van der Waals surface area contributed by atoms with E-state index in [9.17, 15) is 14.7 Å². The molecule has 1 aliphatic carbocycles. The SMILES string of the molecule is C[C@@H](CC(NC(=O)O)C(=O)N[C@H]1CC[C@@H]2CN(Cc3ccccc3)C[C@@H]21)CC(C)(C)C. The summed E-state index contributed by atoms with van der Waals surface area (Å²) in [4.78, 5) is 26.9. The number of carbonyl (C=O) groups excluding carboxylic acids is 1. The molecule has 0 aromatic heterocycles.